The standard InChI is InChI=1S/C25H30N4O5S/c1-2-33-17-18-34-25-23(19-24(30)29(26-25)22-11-7-4-8-12-22)27-13-15-28(16-14-27)35(31,32)20-21-9-5-3-6-10-21/h3-12,19H,2,13-18,20H2,1H3. The molecule has 1 aliphatic rings. The molecule has 0 N–H and O–H groups in total. The van der Waals surface area contributed by atoms with Crippen LogP contribution < -0.4 is 15.2 Å². The van der Waals surface area contributed by atoms with Crippen molar-refractivity contribution in [3.8, 4) is 11.6 Å². The molecule has 186 valence electrons. The van der Waals surface area contributed by atoms with E-state index >= 15 is 0 Å². The van der Waals surface area contributed by atoms with E-state index in [2.05, 4.69) is 5.10 Å². The van der Waals surface area contributed by atoms with Crippen LogP contribution in [-0.2, 0) is 20.5 Å². The molecular formula is C25H30N4O5S. The van der Waals surface area contributed by atoms with Crippen LogP contribution in [0.5, 0.6) is 5.88 Å². The summed E-state index contributed by atoms with van der Waals surface area (Å²) in [6.45, 7) is 4.64. The number of sulfonamides is 1. The molecule has 4 rings (SSSR count). The van der Waals surface area contributed by atoms with Gasteiger partial charge in [-0.2, -0.15) is 8.99 Å². The molecule has 0 saturated carbocycles. The van der Waals surface area contributed by atoms with E-state index in [1.807, 2.05) is 60.4 Å². The van der Waals surface area contributed by atoms with Crippen LogP contribution in [0.1, 0.15) is 12.5 Å². The van der Waals surface area contributed by atoms with Crippen LogP contribution in [0.15, 0.2) is 71.5 Å². The van der Waals surface area contributed by atoms with Gasteiger partial charge < -0.3 is 14.4 Å². The van der Waals surface area contributed by atoms with Gasteiger partial charge in [-0.3, -0.25) is 4.79 Å². The maximum atomic E-state index is 12.9. The number of nitrogens with zero attached hydrogens (tertiary/aromatic N) is 4. The Bertz CT molecular complexity index is 1260. The van der Waals surface area contributed by atoms with Gasteiger partial charge >= 0.3 is 0 Å². The van der Waals surface area contributed by atoms with Crippen molar-refractivity contribution in [3.63, 3.8) is 0 Å². The van der Waals surface area contributed by atoms with Crippen LogP contribution in [0.25, 0.3) is 5.69 Å². The van der Waals surface area contributed by atoms with Gasteiger partial charge in [-0.1, -0.05) is 48.5 Å². The zero-order valence-corrected chi connectivity index (χ0v) is 20.6. The van der Waals surface area contributed by atoms with Crippen LogP contribution >= 0.6 is 0 Å². The van der Waals surface area contributed by atoms with Gasteiger partial charge in [0.25, 0.3) is 11.4 Å². The lowest BCUT2D eigenvalue weighted by atomic mass is 10.2. The topological polar surface area (TPSA) is 94.0 Å². The van der Waals surface area contributed by atoms with Crippen molar-refractivity contribution in [1.29, 1.82) is 0 Å². The molecule has 0 atom stereocenters. The van der Waals surface area contributed by atoms with E-state index < -0.39 is 10.0 Å². The van der Waals surface area contributed by atoms with Gasteiger partial charge in [-0.25, -0.2) is 8.42 Å². The average molecular weight is 499 g/mol. The number of hydrogen-bond acceptors (Lipinski definition) is 7. The van der Waals surface area contributed by atoms with Crippen molar-refractivity contribution in [2.45, 2.75) is 12.7 Å². The lowest BCUT2D eigenvalue weighted by Gasteiger charge is -2.35. The van der Waals surface area contributed by atoms with E-state index in [1.54, 1.807) is 12.1 Å². The van der Waals surface area contributed by atoms with Gasteiger partial charge in [0.1, 0.15) is 12.3 Å². The zero-order valence-electron chi connectivity index (χ0n) is 19.7. The quantitative estimate of drug-likeness (QED) is 0.396. The number of hydrogen-bond donors (Lipinski definition) is 0. The first kappa shape index (κ1) is 24.9. The number of rotatable bonds is 10. The summed E-state index contributed by atoms with van der Waals surface area (Å²) < 4.78 is 39.9. The number of anilines is 1. The molecule has 10 heteroatoms. The monoisotopic (exact) mass is 498 g/mol. The Morgan fingerprint density at radius 3 is 2.23 bits per heavy atom. The SMILES string of the molecule is CCOCCOc1nn(-c2ccccc2)c(=O)cc1N1CCN(S(=O)(=O)Cc2ccccc2)CC1. The third-order valence-electron chi connectivity index (χ3n) is 5.71. The number of piperazine rings is 1. The van der Waals surface area contributed by atoms with Gasteiger partial charge in [-0.05, 0) is 24.6 Å². The fraction of sp³-hybridized carbons (Fsp3) is 0.360. The third kappa shape index (κ3) is 6.27. The van der Waals surface area contributed by atoms with E-state index in [-0.39, 0.29) is 17.9 Å². The first-order valence-corrected chi connectivity index (χ1v) is 13.3. The third-order valence-corrected chi connectivity index (χ3v) is 7.56. The molecule has 9 nitrogen and oxygen atoms in total. The largest absolute Gasteiger partial charge is 0.473 e. The summed E-state index contributed by atoms with van der Waals surface area (Å²) in [6.07, 6.45) is 0. The number of benzene rings is 2. The molecule has 0 bridgehead atoms. The maximum Gasteiger partial charge on any atom is 0.273 e. The smallest absolute Gasteiger partial charge is 0.273 e. The van der Waals surface area contributed by atoms with Gasteiger partial charge in [0, 0.05) is 38.9 Å². The molecule has 0 spiro atoms. The van der Waals surface area contributed by atoms with Crippen molar-refractivity contribution in [3.05, 3.63) is 82.6 Å². The van der Waals surface area contributed by atoms with Gasteiger partial charge in [0.2, 0.25) is 10.0 Å². The molecule has 1 saturated heterocycles. The predicted octanol–water partition coefficient (Wildman–Crippen LogP) is 2.30. The first-order chi connectivity index (χ1) is 17.0. The highest BCUT2D eigenvalue weighted by Crippen LogP contribution is 2.27. The van der Waals surface area contributed by atoms with E-state index in [0.717, 1.165) is 5.56 Å². The molecule has 2 heterocycles. The molecule has 1 aromatic heterocycles. The lowest BCUT2D eigenvalue weighted by Crippen LogP contribution is -2.49. The van der Waals surface area contributed by atoms with Crippen molar-refractivity contribution < 1.29 is 17.9 Å². The van der Waals surface area contributed by atoms with Crippen molar-refractivity contribution >= 4 is 15.7 Å². The highest BCUT2D eigenvalue weighted by atomic mass is 32.2. The van der Waals surface area contributed by atoms with Crippen LogP contribution in [0.2, 0.25) is 0 Å². The van der Waals surface area contributed by atoms with E-state index in [1.165, 1.54) is 15.1 Å². The molecule has 2 aromatic carbocycles. The highest BCUT2D eigenvalue weighted by Gasteiger charge is 2.29. The number of aromatic nitrogens is 2. The van der Waals surface area contributed by atoms with Crippen molar-refractivity contribution in [1.82, 2.24) is 14.1 Å². The second-order valence-electron chi connectivity index (χ2n) is 8.09. The summed E-state index contributed by atoms with van der Waals surface area (Å²) in [7, 11) is -3.45. The van der Waals surface area contributed by atoms with E-state index in [4.69, 9.17) is 9.47 Å². The van der Waals surface area contributed by atoms with Crippen LogP contribution in [-0.4, -0.2) is 68.5 Å². The molecule has 0 radical (unpaired) electrons. The van der Waals surface area contributed by atoms with Crippen LogP contribution in [0.4, 0.5) is 5.69 Å². The summed E-state index contributed by atoms with van der Waals surface area (Å²) in [6, 6.07) is 19.8. The molecule has 0 unspecified atom stereocenters. The molecule has 0 amide bonds. The predicted molar refractivity (Wildman–Crippen MR) is 135 cm³/mol. The fourth-order valence-corrected chi connectivity index (χ4v) is 5.46. The Morgan fingerprint density at radius 2 is 1.57 bits per heavy atom. The fourth-order valence-electron chi connectivity index (χ4n) is 3.94. The Kier molecular flexibility index (Phi) is 8.17. The Balaban J connectivity index is 1.52. The van der Waals surface area contributed by atoms with Crippen LogP contribution in [0.3, 0.4) is 0 Å². The minimum atomic E-state index is -3.45. The lowest BCUT2D eigenvalue weighted by molar-refractivity contribution is 0.108. The Hall–Kier alpha value is -3.21. The average Bonchev–Trinajstić information content (AvgIpc) is 2.88. The first-order valence-electron chi connectivity index (χ1n) is 11.6. The summed E-state index contributed by atoms with van der Waals surface area (Å²) in [5, 5.41) is 4.49. The highest BCUT2D eigenvalue weighted by molar-refractivity contribution is 7.88. The summed E-state index contributed by atoms with van der Waals surface area (Å²) >= 11 is 0. The second-order valence-corrected chi connectivity index (χ2v) is 10.1. The molecule has 1 fully saturated rings. The zero-order chi connectivity index (χ0) is 24.7. The molecule has 35 heavy (non-hydrogen) atoms. The van der Waals surface area contributed by atoms with Crippen molar-refractivity contribution in [2.24, 2.45) is 0 Å². The molecule has 0 aliphatic carbocycles. The van der Waals surface area contributed by atoms with E-state index in [9.17, 15) is 13.2 Å². The normalized spacial score (nSPS) is 14.7. The van der Waals surface area contributed by atoms with Crippen LogP contribution in [0, 0.1) is 0 Å². The molecule has 1 aliphatic heterocycles. The minimum absolute atomic E-state index is 0.0334. The number of para-hydroxylation sites is 1. The molecule has 3 aromatic rings. The summed E-state index contributed by atoms with van der Waals surface area (Å²) in [4.78, 5) is 14.9. The minimum Gasteiger partial charge on any atom is -0.473 e. The van der Waals surface area contributed by atoms with Gasteiger partial charge in [0.05, 0.1) is 18.0 Å². The van der Waals surface area contributed by atoms with Gasteiger partial charge in [0.15, 0.2) is 0 Å². The van der Waals surface area contributed by atoms with Crippen molar-refractivity contribution in [2.75, 3.05) is 50.9 Å². The number of ether oxygens (including phenoxy) is 2. The van der Waals surface area contributed by atoms with Gasteiger partial charge in [-0.15, -0.1) is 5.10 Å². The Labute approximate surface area is 205 Å². The summed E-state index contributed by atoms with van der Waals surface area (Å²) in [5.41, 5.74) is 1.66. The Morgan fingerprint density at radius 1 is 0.914 bits per heavy atom. The maximum absolute atomic E-state index is 12.9. The molecular weight excluding hydrogens is 468 g/mol. The second kappa shape index (κ2) is 11.5. The van der Waals surface area contributed by atoms with E-state index in [0.29, 0.717) is 56.6 Å². The summed E-state index contributed by atoms with van der Waals surface area (Å²) in [5.74, 6) is 0.280.